The van der Waals surface area contributed by atoms with Gasteiger partial charge >= 0.3 is 5.69 Å². The van der Waals surface area contributed by atoms with Crippen LogP contribution < -0.4 is 11.0 Å². The standard InChI is InChI=1S/C13H22N4OS/c1-2-7-14-9-3-6-11(8-9)19-13-16-15-12(18)17(13)10-4-5-10/h9-11,14H,2-8H2,1H3,(H,15,18). The van der Waals surface area contributed by atoms with Gasteiger partial charge in [0, 0.05) is 17.3 Å². The molecule has 106 valence electrons. The highest BCUT2D eigenvalue weighted by atomic mass is 32.2. The molecule has 2 fully saturated rings. The van der Waals surface area contributed by atoms with E-state index in [2.05, 4.69) is 22.4 Å². The minimum absolute atomic E-state index is 0.0383. The van der Waals surface area contributed by atoms with Crippen molar-refractivity contribution in [3.05, 3.63) is 10.5 Å². The van der Waals surface area contributed by atoms with E-state index in [4.69, 9.17) is 0 Å². The largest absolute Gasteiger partial charge is 0.344 e. The summed E-state index contributed by atoms with van der Waals surface area (Å²) >= 11 is 1.78. The monoisotopic (exact) mass is 282 g/mol. The van der Waals surface area contributed by atoms with Gasteiger partial charge in [0.15, 0.2) is 5.16 Å². The Morgan fingerprint density at radius 2 is 2.26 bits per heavy atom. The third kappa shape index (κ3) is 3.05. The lowest BCUT2D eigenvalue weighted by Crippen LogP contribution is -2.27. The molecule has 5 nitrogen and oxygen atoms in total. The number of aromatic nitrogens is 3. The van der Waals surface area contributed by atoms with Crippen LogP contribution >= 0.6 is 11.8 Å². The van der Waals surface area contributed by atoms with Gasteiger partial charge in [0.25, 0.3) is 0 Å². The zero-order valence-corrected chi connectivity index (χ0v) is 12.2. The zero-order valence-electron chi connectivity index (χ0n) is 11.4. The first-order valence-corrected chi connectivity index (χ1v) is 8.23. The van der Waals surface area contributed by atoms with Crippen LogP contribution in [-0.4, -0.2) is 32.6 Å². The van der Waals surface area contributed by atoms with Crippen LogP contribution in [0, 0.1) is 0 Å². The molecular weight excluding hydrogens is 260 g/mol. The Labute approximate surface area is 117 Å². The van der Waals surface area contributed by atoms with Crippen LogP contribution in [0.5, 0.6) is 0 Å². The van der Waals surface area contributed by atoms with E-state index in [1.54, 1.807) is 11.8 Å². The molecule has 2 N–H and O–H groups in total. The van der Waals surface area contributed by atoms with Crippen LogP contribution in [0.2, 0.25) is 0 Å². The van der Waals surface area contributed by atoms with E-state index in [0.29, 0.717) is 17.3 Å². The molecule has 1 heterocycles. The van der Waals surface area contributed by atoms with Gasteiger partial charge in [0.2, 0.25) is 0 Å². The first-order valence-electron chi connectivity index (χ1n) is 7.35. The Hall–Kier alpha value is -0.750. The molecule has 0 spiro atoms. The topological polar surface area (TPSA) is 62.7 Å². The molecule has 2 aliphatic rings. The molecule has 2 atom stereocenters. The normalized spacial score (nSPS) is 27.0. The van der Waals surface area contributed by atoms with E-state index < -0.39 is 0 Å². The maximum atomic E-state index is 11.7. The Morgan fingerprint density at radius 1 is 1.42 bits per heavy atom. The third-order valence-electron chi connectivity index (χ3n) is 3.92. The van der Waals surface area contributed by atoms with Crippen molar-refractivity contribution in [1.29, 1.82) is 0 Å². The van der Waals surface area contributed by atoms with Gasteiger partial charge in [0.1, 0.15) is 0 Å². The minimum atomic E-state index is -0.0383. The van der Waals surface area contributed by atoms with E-state index in [0.717, 1.165) is 24.5 Å². The Balaban J connectivity index is 1.59. The van der Waals surface area contributed by atoms with E-state index in [1.165, 1.54) is 25.7 Å². The maximum Gasteiger partial charge on any atom is 0.344 e. The number of nitrogens with one attached hydrogen (secondary N) is 2. The van der Waals surface area contributed by atoms with Crippen LogP contribution in [0.3, 0.4) is 0 Å². The SMILES string of the molecule is CCCNC1CCC(Sc2n[nH]c(=O)n2C2CC2)C1. The fraction of sp³-hybridized carbons (Fsp3) is 0.846. The molecule has 6 heteroatoms. The van der Waals surface area contributed by atoms with Crippen LogP contribution in [0.1, 0.15) is 51.5 Å². The molecule has 1 aromatic rings. The number of H-pyrrole nitrogens is 1. The van der Waals surface area contributed by atoms with Gasteiger partial charge in [-0.25, -0.2) is 9.89 Å². The van der Waals surface area contributed by atoms with Crippen molar-refractivity contribution in [2.75, 3.05) is 6.54 Å². The summed E-state index contributed by atoms with van der Waals surface area (Å²) < 4.78 is 1.86. The van der Waals surface area contributed by atoms with E-state index in [9.17, 15) is 4.79 Å². The highest BCUT2D eigenvalue weighted by Gasteiger charge is 2.31. The average Bonchev–Trinajstić information content (AvgIpc) is 3.03. The highest BCUT2D eigenvalue weighted by molar-refractivity contribution is 7.99. The highest BCUT2D eigenvalue weighted by Crippen LogP contribution is 2.39. The summed E-state index contributed by atoms with van der Waals surface area (Å²) in [7, 11) is 0. The van der Waals surface area contributed by atoms with Crippen molar-refractivity contribution in [2.24, 2.45) is 0 Å². The summed E-state index contributed by atoms with van der Waals surface area (Å²) in [5.74, 6) is 0. The number of hydrogen-bond acceptors (Lipinski definition) is 4. The quantitative estimate of drug-likeness (QED) is 0.837. The first-order chi connectivity index (χ1) is 9.28. The van der Waals surface area contributed by atoms with Gasteiger partial charge in [-0.1, -0.05) is 18.7 Å². The van der Waals surface area contributed by atoms with Crippen molar-refractivity contribution in [3.8, 4) is 0 Å². The second kappa shape index (κ2) is 5.71. The Kier molecular flexibility index (Phi) is 3.98. The van der Waals surface area contributed by atoms with Gasteiger partial charge in [-0.2, -0.15) is 0 Å². The smallest absolute Gasteiger partial charge is 0.314 e. The average molecular weight is 282 g/mol. The van der Waals surface area contributed by atoms with Crippen molar-refractivity contribution in [3.63, 3.8) is 0 Å². The maximum absolute atomic E-state index is 11.7. The summed E-state index contributed by atoms with van der Waals surface area (Å²) in [6.45, 7) is 3.31. The summed E-state index contributed by atoms with van der Waals surface area (Å²) in [5, 5.41) is 11.9. The second-order valence-corrected chi connectivity index (χ2v) is 6.88. The van der Waals surface area contributed by atoms with Gasteiger partial charge in [0.05, 0.1) is 0 Å². The van der Waals surface area contributed by atoms with Crippen molar-refractivity contribution < 1.29 is 0 Å². The fourth-order valence-electron chi connectivity index (χ4n) is 2.76. The fourth-order valence-corrected chi connectivity index (χ4v) is 4.08. The molecule has 0 saturated heterocycles. The molecule has 19 heavy (non-hydrogen) atoms. The summed E-state index contributed by atoms with van der Waals surface area (Å²) in [4.78, 5) is 11.7. The number of thioether (sulfide) groups is 1. The molecule has 0 aromatic carbocycles. The summed E-state index contributed by atoms with van der Waals surface area (Å²) in [6.07, 6.45) is 7.09. The Morgan fingerprint density at radius 3 is 3.00 bits per heavy atom. The minimum Gasteiger partial charge on any atom is -0.314 e. The molecule has 3 rings (SSSR count). The van der Waals surface area contributed by atoms with Crippen molar-refractivity contribution >= 4 is 11.8 Å². The molecule has 0 aliphatic heterocycles. The lowest BCUT2D eigenvalue weighted by Gasteiger charge is -2.12. The van der Waals surface area contributed by atoms with Crippen LogP contribution in [0.4, 0.5) is 0 Å². The summed E-state index contributed by atoms with van der Waals surface area (Å²) in [5.41, 5.74) is -0.0383. The van der Waals surface area contributed by atoms with Crippen molar-refractivity contribution in [2.45, 2.75) is 67.9 Å². The number of rotatable bonds is 6. The van der Waals surface area contributed by atoms with Crippen molar-refractivity contribution in [1.82, 2.24) is 20.1 Å². The molecule has 0 bridgehead atoms. The molecule has 1 aromatic heterocycles. The second-order valence-electron chi connectivity index (χ2n) is 5.62. The number of hydrogen-bond donors (Lipinski definition) is 2. The number of aromatic amines is 1. The number of nitrogens with zero attached hydrogens (tertiary/aromatic N) is 2. The van der Waals surface area contributed by atoms with Crippen LogP contribution in [0.25, 0.3) is 0 Å². The van der Waals surface area contributed by atoms with Crippen LogP contribution in [-0.2, 0) is 0 Å². The predicted octanol–water partition coefficient (Wildman–Crippen LogP) is 1.92. The first kappa shape index (κ1) is 13.2. The predicted molar refractivity (Wildman–Crippen MR) is 76.7 cm³/mol. The molecule has 0 radical (unpaired) electrons. The molecule has 2 saturated carbocycles. The van der Waals surface area contributed by atoms with Crippen LogP contribution in [0.15, 0.2) is 9.95 Å². The van der Waals surface area contributed by atoms with Gasteiger partial charge in [-0.3, -0.25) is 4.57 Å². The van der Waals surface area contributed by atoms with E-state index in [-0.39, 0.29) is 5.69 Å². The van der Waals surface area contributed by atoms with Gasteiger partial charge in [-0.05, 0) is 45.1 Å². The zero-order chi connectivity index (χ0) is 13.2. The lowest BCUT2D eigenvalue weighted by atomic mass is 10.2. The third-order valence-corrected chi connectivity index (χ3v) is 5.18. The molecular formula is C13H22N4OS. The Bertz CT molecular complexity index is 479. The lowest BCUT2D eigenvalue weighted by molar-refractivity contribution is 0.524. The molecule has 2 unspecified atom stereocenters. The van der Waals surface area contributed by atoms with Gasteiger partial charge in [-0.15, -0.1) is 5.10 Å². The summed E-state index contributed by atoms with van der Waals surface area (Å²) in [6, 6.07) is 1.06. The molecule has 2 aliphatic carbocycles. The van der Waals surface area contributed by atoms with E-state index >= 15 is 0 Å². The van der Waals surface area contributed by atoms with E-state index in [1.807, 2.05) is 4.57 Å². The van der Waals surface area contributed by atoms with Gasteiger partial charge < -0.3 is 5.32 Å². The molecule has 0 amide bonds.